The van der Waals surface area contributed by atoms with E-state index in [1.807, 2.05) is 48.0 Å². The Morgan fingerprint density at radius 2 is 1.92 bits per heavy atom. The van der Waals surface area contributed by atoms with Gasteiger partial charge in [-0.1, -0.05) is 0 Å². The van der Waals surface area contributed by atoms with E-state index in [1.54, 1.807) is 0 Å². The summed E-state index contributed by atoms with van der Waals surface area (Å²) in [4.78, 5) is 35.3. The maximum atomic E-state index is 12.8. The standard InChI is InChI=1S/C18H29N5O2/c1-4-23(14(2)3)18(25)20-7-5-15(6-8-20)17(24)21-9-10-22-13-19-11-16(22)12-21/h11,13-15H,4-10,12H2,1-3H3. The number of nitrogens with zero attached hydrogens (tertiary/aromatic N) is 5. The third kappa shape index (κ3) is 3.65. The molecule has 0 N–H and O–H groups in total. The topological polar surface area (TPSA) is 61.7 Å². The molecule has 7 nitrogen and oxygen atoms in total. The van der Waals surface area contributed by atoms with Crippen LogP contribution in [0, 0.1) is 5.92 Å². The summed E-state index contributed by atoms with van der Waals surface area (Å²) < 4.78 is 2.11. The number of rotatable bonds is 3. The van der Waals surface area contributed by atoms with Gasteiger partial charge in [0, 0.05) is 50.9 Å². The molecule has 0 spiro atoms. The molecule has 7 heteroatoms. The molecule has 3 rings (SSSR count). The molecule has 0 bridgehead atoms. The summed E-state index contributed by atoms with van der Waals surface area (Å²) >= 11 is 0. The molecular formula is C18H29N5O2. The molecule has 2 aliphatic heterocycles. The number of urea groups is 1. The van der Waals surface area contributed by atoms with Crippen molar-refractivity contribution in [1.29, 1.82) is 0 Å². The van der Waals surface area contributed by atoms with Crippen LogP contribution in [0.2, 0.25) is 0 Å². The van der Waals surface area contributed by atoms with Gasteiger partial charge in [0.2, 0.25) is 5.91 Å². The van der Waals surface area contributed by atoms with Gasteiger partial charge in [0.25, 0.3) is 0 Å². The number of likely N-dealkylation sites (tertiary alicyclic amines) is 1. The summed E-state index contributed by atoms with van der Waals surface area (Å²) in [5.74, 6) is 0.267. The Morgan fingerprint density at radius 3 is 2.56 bits per heavy atom. The Kier molecular flexibility index (Phi) is 5.30. The fourth-order valence-electron chi connectivity index (χ4n) is 3.85. The Hall–Kier alpha value is -2.05. The lowest BCUT2D eigenvalue weighted by molar-refractivity contribution is -0.138. The molecular weight excluding hydrogens is 318 g/mol. The highest BCUT2D eigenvalue weighted by Crippen LogP contribution is 2.23. The Labute approximate surface area is 149 Å². The third-order valence-corrected chi connectivity index (χ3v) is 5.40. The molecule has 1 saturated heterocycles. The Morgan fingerprint density at radius 1 is 1.20 bits per heavy atom. The number of imidazole rings is 1. The minimum atomic E-state index is 0.0349. The van der Waals surface area contributed by atoms with Gasteiger partial charge in [0.15, 0.2) is 0 Å². The molecule has 1 aromatic heterocycles. The van der Waals surface area contributed by atoms with Gasteiger partial charge in [-0.2, -0.15) is 0 Å². The first kappa shape index (κ1) is 17.8. The zero-order valence-corrected chi connectivity index (χ0v) is 15.5. The van der Waals surface area contributed by atoms with E-state index in [0.717, 1.165) is 38.2 Å². The van der Waals surface area contributed by atoms with Crippen LogP contribution in [0.15, 0.2) is 12.5 Å². The maximum Gasteiger partial charge on any atom is 0.320 e. The quantitative estimate of drug-likeness (QED) is 0.837. The van der Waals surface area contributed by atoms with Crippen molar-refractivity contribution in [3.63, 3.8) is 0 Å². The van der Waals surface area contributed by atoms with Gasteiger partial charge >= 0.3 is 6.03 Å². The van der Waals surface area contributed by atoms with Crippen molar-refractivity contribution in [3.8, 4) is 0 Å². The van der Waals surface area contributed by atoms with Crippen LogP contribution in [0.5, 0.6) is 0 Å². The van der Waals surface area contributed by atoms with Crippen molar-refractivity contribution in [1.82, 2.24) is 24.3 Å². The van der Waals surface area contributed by atoms with Gasteiger partial charge in [0.1, 0.15) is 0 Å². The van der Waals surface area contributed by atoms with Gasteiger partial charge < -0.3 is 19.3 Å². The zero-order chi connectivity index (χ0) is 18.0. The monoisotopic (exact) mass is 347 g/mol. The van der Waals surface area contributed by atoms with Crippen molar-refractivity contribution in [3.05, 3.63) is 18.2 Å². The van der Waals surface area contributed by atoms with E-state index >= 15 is 0 Å². The molecule has 3 amide bonds. The van der Waals surface area contributed by atoms with Gasteiger partial charge in [0.05, 0.1) is 18.6 Å². The second-order valence-electron chi connectivity index (χ2n) is 7.26. The first-order chi connectivity index (χ1) is 12.0. The Bertz CT molecular complexity index is 619. The molecule has 1 aromatic rings. The summed E-state index contributed by atoms with van der Waals surface area (Å²) in [5, 5.41) is 0. The van der Waals surface area contributed by atoms with Crippen molar-refractivity contribution in [2.45, 2.75) is 52.7 Å². The van der Waals surface area contributed by atoms with Crippen molar-refractivity contribution >= 4 is 11.9 Å². The summed E-state index contributed by atoms with van der Waals surface area (Å²) in [5.41, 5.74) is 1.10. The number of aromatic nitrogens is 2. The van der Waals surface area contributed by atoms with E-state index in [2.05, 4.69) is 9.55 Å². The number of hydrogen-bond donors (Lipinski definition) is 0. The largest absolute Gasteiger partial charge is 0.335 e. The molecule has 0 aliphatic carbocycles. The molecule has 3 heterocycles. The minimum Gasteiger partial charge on any atom is -0.335 e. The van der Waals surface area contributed by atoms with Gasteiger partial charge in [-0.05, 0) is 33.6 Å². The lowest BCUT2D eigenvalue weighted by Gasteiger charge is -2.38. The summed E-state index contributed by atoms with van der Waals surface area (Å²) in [6, 6.07) is 0.306. The molecule has 0 aromatic carbocycles. The second kappa shape index (κ2) is 7.45. The van der Waals surface area contributed by atoms with E-state index in [0.29, 0.717) is 19.6 Å². The normalized spacial score (nSPS) is 18.4. The average molecular weight is 347 g/mol. The highest BCUT2D eigenvalue weighted by atomic mass is 16.2. The highest BCUT2D eigenvalue weighted by molar-refractivity contribution is 5.80. The van der Waals surface area contributed by atoms with Crippen LogP contribution in [0.4, 0.5) is 4.79 Å². The zero-order valence-electron chi connectivity index (χ0n) is 15.5. The Balaban J connectivity index is 1.54. The highest BCUT2D eigenvalue weighted by Gasteiger charge is 2.33. The molecule has 25 heavy (non-hydrogen) atoms. The number of carbonyl (C=O) groups excluding carboxylic acids is 2. The first-order valence-corrected chi connectivity index (χ1v) is 9.34. The maximum absolute atomic E-state index is 12.8. The predicted octanol–water partition coefficient (Wildman–Crippen LogP) is 1.79. The van der Waals surface area contributed by atoms with Crippen molar-refractivity contribution < 1.29 is 9.59 Å². The van der Waals surface area contributed by atoms with Crippen LogP contribution in [0.1, 0.15) is 39.3 Å². The van der Waals surface area contributed by atoms with E-state index < -0.39 is 0 Å². The molecule has 138 valence electrons. The van der Waals surface area contributed by atoms with Crippen LogP contribution in [0.25, 0.3) is 0 Å². The lowest BCUT2D eigenvalue weighted by Crippen LogP contribution is -2.51. The summed E-state index contributed by atoms with van der Waals surface area (Å²) in [6.07, 6.45) is 5.19. The van der Waals surface area contributed by atoms with E-state index in [4.69, 9.17) is 0 Å². The number of amides is 3. The van der Waals surface area contributed by atoms with Gasteiger partial charge in [-0.15, -0.1) is 0 Å². The van der Waals surface area contributed by atoms with Crippen molar-refractivity contribution in [2.24, 2.45) is 5.92 Å². The number of carbonyl (C=O) groups is 2. The number of hydrogen-bond acceptors (Lipinski definition) is 3. The minimum absolute atomic E-state index is 0.0349. The molecule has 1 fully saturated rings. The third-order valence-electron chi connectivity index (χ3n) is 5.40. The second-order valence-corrected chi connectivity index (χ2v) is 7.26. The van der Waals surface area contributed by atoms with E-state index in [9.17, 15) is 9.59 Å². The van der Waals surface area contributed by atoms with Crippen LogP contribution in [0.3, 0.4) is 0 Å². The first-order valence-electron chi connectivity index (χ1n) is 9.34. The number of piperidine rings is 1. The smallest absolute Gasteiger partial charge is 0.320 e. The van der Waals surface area contributed by atoms with Crippen LogP contribution >= 0.6 is 0 Å². The molecule has 0 radical (unpaired) electrons. The lowest BCUT2D eigenvalue weighted by atomic mass is 9.95. The fourth-order valence-corrected chi connectivity index (χ4v) is 3.85. The van der Waals surface area contributed by atoms with Crippen LogP contribution < -0.4 is 0 Å². The van der Waals surface area contributed by atoms with E-state index in [-0.39, 0.29) is 23.9 Å². The summed E-state index contributed by atoms with van der Waals surface area (Å²) in [6.45, 7) is 10.4. The average Bonchev–Trinajstić information content (AvgIpc) is 3.09. The molecule has 0 saturated carbocycles. The van der Waals surface area contributed by atoms with Crippen LogP contribution in [-0.2, 0) is 17.9 Å². The van der Waals surface area contributed by atoms with Crippen molar-refractivity contribution in [2.75, 3.05) is 26.2 Å². The molecule has 0 unspecified atom stereocenters. The summed E-state index contributed by atoms with van der Waals surface area (Å²) in [7, 11) is 0. The fraction of sp³-hybridized carbons (Fsp3) is 0.722. The van der Waals surface area contributed by atoms with Gasteiger partial charge in [-0.25, -0.2) is 9.78 Å². The SMILES string of the molecule is CCN(C(=O)N1CCC(C(=O)N2CCn3cncc3C2)CC1)C(C)C. The van der Waals surface area contributed by atoms with E-state index in [1.165, 1.54) is 0 Å². The predicted molar refractivity (Wildman–Crippen MR) is 94.9 cm³/mol. The molecule has 2 aliphatic rings. The number of fused-ring (bicyclic) bond motifs is 1. The van der Waals surface area contributed by atoms with Crippen LogP contribution in [-0.4, -0.2) is 68.4 Å². The van der Waals surface area contributed by atoms with Gasteiger partial charge in [-0.3, -0.25) is 4.79 Å². The molecule has 0 atom stereocenters.